The largest absolute Gasteiger partial charge is 0.508 e. The highest BCUT2D eigenvalue weighted by Gasteiger charge is 2.48. The Morgan fingerprint density at radius 2 is 2.04 bits per heavy atom. The van der Waals surface area contributed by atoms with Gasteiger partial charge in [-0.05, 0) is 23.8 Å². The van der Waals surface area contributed by atoms with Gasteiger partial charge >= 0.3 is 0 Å². The summed E-state index contributed by atoms with van der Waals surface area (Å²) < 4.78 is 0. The summed E-state index contributed by atoms with van der Waals surface area (Å²) >= 11 is 1.60. The summed E-state index contributed by atoms with van der Waals surface area (Å²) in [6.07, 6.45) is 0. The van der Waals surface area contributed by atoms with E-state index in [0.717, 1.165) is 5.56 Å². The van der Waals surface area contributed by atoms with Crippen molar-refractivity contribution in [1.82, 2.24) is 4.90 Å². The minimum Gasteiger partial charge on any atom is -0.508 e. The van der Waals surface area contributed by atoms with Crippen molar-refractivity contribution in [2.75, 3.05) is 11.1 Å². The van der Waals surface area contributed by atoms with Crippen molar-refractivity contribution < 1.29 is 14.7 Å². The fraction of sp³-hybridized carbons (Fsp3) is 0.176. The Morgan fingerprint density at radius 1 is 1.22 bits per heavy atom. The number of aromatic hydroxyl groups is 1. The van der Waals surface area contributed by atoms with E-state index < -0.39 is 6.04 Å². The second-order valence-corrected chi connectivity index (χ2v) is 6.65. The summed E-state index contributed by atoms with van der Waals surface area (Å²) in [6.45, 7) is 0. The molecular weight excluding hydrogens is 312 g/mol. The van der Waals surface area contributed by atoms with Crippen LogP contribution in [0.4, 0.5) is 5.69 Å². The average molecular weight is 326 g/mol. The van der Waals surface area contributed by atoms with Gasteiger partial charge in [0.2, 0.25) is 5.91 Å². The van der Waals surface area contributed by atoms with Gasteiger partial charge in [0.1, 0.15) is 17.2 Å². The lowest BCUT2D eigenvalue weighted by atomic mass is 10.1. The summed E-state index contributed by atoms with van der Waals surface area (Å²) in [5, 5.41) is 12.2. The van der Waals surface area contributed by atoms with Crippen LogP contribution in [0.5, 0.6) is 5.75 Å². The lowest BCUT2D eigenvalue weighted by molar-refractivity contribution is -0.119. The first-order chi connectivity index (χ1) is 11.1. The number of thioether (sulfide) groups is 1. The van der Waals surface area contributed by atoms with Gasteiger partial charge in [0.15, 0.2) is 0 Å². The first-order valence-electron chi connectivity index (χ1n) is 7.28. The van der Waals surface area contributed by atoms with E-state index in [1.165, 1.54) is 12.1 Å². The molecule has 0 aromatic heterocycles. The first kappa shape index (κ1) is 14.1. The Balaban J connectivity index is 1.58. The van der Waals surface area contributed by atoms with Crippen LogP contribution in [0.15, 0.2) is 48.5 Å². The Morgan fingerprint density at radius 3 is 2.87 bits per heavy atom. The fourth-order valence-electron chi connectivity index (χ4n) is 3.05. The molecule has 1 unspecified atom stereocenters. The van der Waals surface area contributed by atoms with Crippen LogP contribution in [0.2, 0.25) is 0 Å². The van der Waals surface area contributed by atoms with E-state index in [1.807, 2.05) is 18.2 Å². The SMILES string of the molecule is O=C(Nc1cccc(O)c1)[C@@H]1CSC2c3ccccc3C(=O)N21. The molecule has 0 aliphatic carbocycles. The highest BCUT2D eigenvalue weighted by molar-refractivity contribution is 7.99. The van der Waals surface area contributed by atoms with Gasteiger partial charge in [-0.1, -0.05) is 24.3 Å². The predicted molar refractivity (Wildman–Crippen MR) is 88.3 cm³/mol. The lowest BCUT2D eigenvalue weighted by Gasteiger charge is -2.22. The van der Waals surface area contributed by atoms with E-state index in [4.69, 9.17) is 0 Å². The molecule has 2 N–H and O–H groups in total. The quantitative estimate of drug-likeness (QED) is 0.890. The fourth-order valence-corrected chi connectivity index (χ4v) is 4.52. The van der Waals surface area contributed by atoms with Gasteiger partial charge in [-0.25, -0.2) is 0 Å². The molecule has 4 rings (SSSR count). The molecule has 0 saturated carbocycles. The molecule has 2 aromatic carbocycles. The second-order valence-electron chi connectivity index (χ2n) is 5.54. The maximum atomic E-state index is 12.6. The monoisotopic (exact) mass is 326 g/mol. The number of nitrogens with one attached hydrogen (secondary N) is 1. The molecule has 116 valence electrons. The summed E-state index contributed by atoms with van der Waals surface area (Å²) in [6, 6.07) is 13.4. The molecule has 5 nitrogen and oxygen atoms in total. The number of carbonyl (C=O) groups excluding carboxylic acids is 2. The zero-order valence-corrected chi connectivity index (χ0v) is 12.9. The smallest absolute Gasteiger partial charge is 0.256 e. The molecule has 2 heterocycles. The van der Waals surface area contributed by atoms with Gasteiger partial charge in [-0.2, -0.15) is 0 Å². The zero-order valence-electron chi connectivity index (χ0n) is 12.1. The van der Waals surface area contributed by atoms with Crippen molar-refractivity contribution >= 4 is 29.3 Å². The number of amides is 2. The Hall–Kier alpha value is -2.47. The van der Waals surface area contributed by atoms with Gasteiger partial charge in [0, 0.05) is 23.1 Å². The number of phenols is 1. The van der Waals surface area contributed by atoms with Crippen LogP contribution >= 0.6 is 11.8 Å². The number of rotatable bonds is 2. The molecule has 2 amide bonds. The zero-order chi connectivity index (χ0) is 16.0. The van der Waals surface area contributed by atoms with E-state index in [2.05, 4.69) is 5.32 Å². The molecule has 2 aliphatic rings. The summed E-state index contributed by atoms with van der Waals surface area (Å²) in [5.74, 6) is 0.333. The maximum Gasteiger partial charge on any atom is 0.256 e. The van der Waals surface area contributed by atoms with Crippen molar-refractivity contribution in [2.24, 2.45) is 0 Å². The average Bonchev–Trinajstić information content (AvgIpc) is 3.09. The second kappa shape index (κ2) is 5.31. The number of benzene rings is 2. The predicted octanol–water partition coefficient (Wildman–Crippen LogP) is 2.60. The normalized spacial score (nSPS) is 21.9. The van der Waals surface area contributed by atoms with Gasteiger partial charge in [0.25, 0.3) is 5.91 Å². The van der Waals surface area contributed by atoms with Crippen molar-refractivity contribution in [3.05, 3.63) is 59.7 Å². The van der Waals surface area contributed by atoms with E-state index >= 15 is 0 Å². The number of carbonyl (C=O) groups is 2. The summed E-state index contributed by atoms with van der Waals surface area (Å²) in [7, 11) is 0. The lowest BCUT2D eigenvalue weighted by Crippen LogP contribution is -2.42. The van der Waals surface area contributed by atoms with E-state index in [1.54, 1.807) is 34.9 Å². The molecule has 2 aliphatic heterocycles. The molecule has 0 bridgehead atoms. The molecular formula is C17H14N2O3S. The van der Waals surface area contributed by atoms with Gasteiger partial charge in [-0.3, -0.25) is 9.59 Å². The van der Waals surface area contributed by atoms with Crippen molar-refractivity contribution in [3.8, 4) is 5.75 Å². The number of hydrogen-bond acceptors (Lipinski definition) is 4. The van der Waals surface area contributed by atoms with Crippen molar-refractivity contribution in [2.45, 2.75) is 11.4 Å². The Bertz CT molecular complexity index is 808. The number of nitrogens with zero attached hydrogens (tertiary/aromatic N) is 1. The van der Waals surface area contributed by atoms with Crippen LogP contribution in [0.3, 0.4) is 0 Å². The third-order valence-corrected chi connectivity index (χ3v) is 5.41. The van der Waals surface area contributed by atoms with Crippen LogP contribution in [0.25, 0.3) is 0 Å². The molecule has 0 spiro atoms. The highest BCUT2D eigenvalue weighted by atomic mass is 32.2. The molecule has 2 aromatic rings. The van der Waals surface area contributed by atoms with Gasteiger partial charge < -0.3 is 15.3 Å². The van der Waals surface area contributed by atoms with Crippen LogP contribution in [-0.4, -0.2) is 33.6 Å². The third-order valence-electron chi connectivity index (χ3n) is 4.11. The minimum atomic E-state index is -0.507. The van der Waals surface area contributed by atoms with E-state index in [9.17, 15) is 14.7 Å². The summed E-state index contributed by atoms with van der Waals surface area (Å²) in [4.78, 5) is 26.8. The van der Waals surface area contributed by atoms with E-state index in [-0.39, 0.29) is 22.9 Å². The minimum absolute atomic E-state index is 0.0846. The number of fused-ring (bicyclic) bond motifs is 3. The number of hydrogen-bond donors (Lipinski definition) is 2. The van der Waals surface area contributed by atoms with Crippen molar-refractivity contribution in [3.63, 3.8) is 0 Å². The highest BCUT2D eigenvalue weighted by Crippen LogP contribution is 2.48. The molecule has 23 heavy (non-hydrogen) atoms. The van der Waals surface area contributed by atoms with Crippen LogP contribution in [0, 0.1) is 0 Å². The van der Waals surface area contributed by atoms with Crippen LogP contribution in [-0.2, 0) is 4.79 Å². The van der Waals surface area contributed by atoms with Crippen molar-refractivity contribution in [1.29, 1.82) is 0 Å². The summed E-state index contributed by atoms with van der Waals surface area (Å²) in [5.41, 5.74) is 2.18. The molecule has 0 radical (unpaired) electrons. The maximum absolute atomic E-state index is 12.6. The molecule has 1 saturated heterocycles. The van der Waals surface area contributed by atoms with Crippen LogP contribution in [0.1, 0.15) is 21.3 Å². The number of anilines is 1. The topological polar surface area (TPSA) is 69.6 Å². The first-order valence-corrected chi connectivity index (χ1v) is 8.33. The number of phenolic OH excluding ortho intramolecular Hbond substituents is 1. The Labute approximate surface area is 137 Å². The Kier molecular flexibility index (Phi) is 3.27. The van der Waals surface area contributed by atoms with E-state index in [0.29, 0.717) is 17.0 Å². The van der Waals surface area contributed by atoms with Gasteiger partial charge in [0.05, 0.1) is 0 Å². The third kappa shape index (κ3) is 2.26. The molecule has 2 atom stereocenters. The molecule has 1 fully saturated rings. The van der Waals surface area contributed by atoms with Crippen LogP contribution < -0.4 is 5.32 Å². The van der Waals surface area contributed by atoms with Gasteiger partial charge in [-0.15, -0.1) is 11.8 Å². The molecule has 6 heteroatoms. The standard InChI is InChI=1S/C17H14N2O3S/c20-11-5-3-4-10(8-11)18-15(21)14-9-23-17-13-7-2-1-6-12(13)16(22)19(14)17/h1-8,14,17,20H,9H2,(H,18,21)/t14-,17?/m0/s1.